The van der Waals surface area contributed by atoms with Gasteiger partial charge in [0, 0.05) is 17.3 Å². The Morgan fingerprint density at radius 1 is 1.10 bits per heavy atom. The Bertz CT molecular complexity index is 1230. The average molecular weight is 457 g/mol. The molecule has 0 saturated carbocycles. The molecule has 1 aliphatic rings. The van der Waals surface area contributed by atoms with Crippen LogP contribution in [0.3, 0.4) is 0 Å². The molecule has 0 unspecified atom stereocenters. The van der Waals surface area contributed by atoms with Gasteiger partial charge in [-0.3, -0.25) is 9.10 Å². The van der Waals surface area contributed by atoms with E-state index in [-0.39, 0.29) is 17.4 Å². The molecule has 6 nitrogen and oxygen atoms in total. The summed E-state index contributed by atoms with van der Waals surface area (Å²) in [6.45, 7) is 2.07. The number of benzene rings is 3. The zero-order chi connectivity index (χ0) is 22.0. The molecule has 0 radical (unpaired) electrons. The SMILES string of the molecule is Cc1ccc(Cl)cc1NC(=O)COc1ccc(S(=O)(=O)N2CCc3ccccc32)cc1. The normalized spacial score (nSPS) is 13.0. The van der Waals surface area contributed by atoms with Crippen LogP contribution in [0.1, 0.15) is 11.1 Å². The van der Waals surface area contributed by atoms with E-state index in [0.717, 1.165) is 16.8 Å². The molecule has 160 valence electrons. The smallest absolute Gasteiger partial charge is 0.264 e. The van der Waals surface area contributed by atoms with Crippen molar-refractivity contribution in [3.05, 3.63) is 82.9 Å². The third-order valence-corrected chi connectivity index (χ3v) is 7.16. The molecule has 1 heterocycles. The molecular weight excluding hydrogens is 436 g/mol. The molecule has 0 spiro atoms. The number of para-hydroxylation sites is 1. The van der Waals surface area contributed by atoms with Gasteiger partial charge in [0.15, 0.2) is 6.61 Å². The number of anilines is 2. The Labute approximate surface area is 186 Å². The molecule has 3 aromatic rings. The lowest BCUT2D eigenvalue weighted by molar-refractivity contribution is -0.118. The van der Waals surface area contributed by atoms with Crippen LogP contribution in [0.5, 0.6) is 5.75 Å². The van der Waals surface area contributed by atoms with Gasteiger partial charge >= 0.3 is 0 Å². The van der Waals surface area contributed by atoms with Crippen molar-refractivity contribution in [3.63, 3.8) is 0 Å². The van der Waals surface area contributed by atoms with Gasteiger partial charge in [0.05, 0.1) is 10.6 Å². The molecule has 0 aliphatic carbocycles. The fourth-order valence-corrected chi connectivity index (χ4v) is 5.13. The second kappa shape index (κ2) is 8.61. The maximum absolute atomic E-state index is 13.0. The molecular formula is C23H21ClN2O4S. The second-order valence-electron chi connectivity index (χ2n) is 7.22. The largest absolute Gasteiger partial charge is 0.484 e. The van der Waals surface area contributed by atoms with Crippen molar-refractivity contribution in [2.75, 3.05) is 22.8 Å². The predicted octanol–water partition coefficient (Wildman–Crippen LogP) is 4.42. The van der Waals surface area contributed by atoms with E-state index in [0.29, 0.717) is 29.4 Å². The third kappa shape index (κ3) is 4.52. The summed E-state index contributed by atoms with van der Waals surface area (Å²) in [5.41, 5.74) is 3.24. The van der Waals surface area contributed by atoms with Gasteiger partial charge in [-0.15, -0.1) is 0 Å². The lowest BCUT2D eigenvalue weighted by atomic mass is 10.2. The van der Waals surface area contributed by atoms with Gasteiger partial charge in [-0.25, -0.2) is 8.42 Å². The number of ether oxygens (including phenoxy) is 1. The van der Waals surface area contributed by atoms with Crippen molar-refractivity contribution in [1.82, 2.24) is 0 Å². The first kappa shape index (κ1) is 21.2. The summed E-state index contributed by atoms with van der Waals surface area (Å²) in [6.07, 6.45) is 0.692. The molecule has 0 fully saturated rings. The molecule has 1 N–H and O–H groups in total. The number of sulfonamides is 1. The Morgan fingerprint density at radius 3 is 2.61 bits per heavy atom. The number of aryl methyl sites for hydroxylation is 1. The summed E-state index contributed by atoms with van der Waals surface area (Å²) >= 11 is 5.96. The van der Waals surface area contributed by atoms with Crippen LogP contribution in [-0.2, 0) is 21.2 Å². The summed E-state index contributed by atoms with van der Waals surface area (Å²) in [4.78, 5) is 12.4. The molecule has 0 aromatic heterocycles. The number of carbonyl (C=O) groups excluding carboxylic acids is 1. The van der Waals surface area contributed by atoms with Crippen molar-refractivity contribution < 1.29 is 17.9 Å². The van der Waals surface area contributed by atoms with E-state index in [1.807, 2.05) is 37.3 Å². The van der Waals surface area contributed by atoms with E-state index in [1.54, 1.807) is 24.3 Å². The Morgan fingerprint density at radius 2 is 1.84 bits per heavy atom. The van der Waals surface area contributed by atoms with Crippen LogP contribution in [0.2, 0.25) is 5.02 Å². The van der Waals surface area contributed by atoms with Gasteiger partial charge in [-0.2, -0.15) is 0 Å². The van der Waals surface area contributed by atoms with Crippen LogP contribution in [-0.4, -0.2) is 27.5 Å². The predicted molar refractivity (Wildman–Crippen MR) is 121 cm³/mol. The van der Waals surface area contributed by atoms with Gasteiger partial charge in [0.1, 0.15) is 5.75 Å². The van der Waals surface area contributed by atoms with E-state index in [9.17, 15) is 13.2 Å². The fraction of sp³-hybridized carbons (Fsp3) is 0.174. The van der Waals surface area contributed by atoms with Gasteiger partial charge in [-0.05, 0) is 66.9 Å². The van der Waals surface area contributed by atoms with Crippen LogP contribution in [0.15, 0.2) is 71.6 Å². The summed E-state index contributed by atoms with van der Waals surface area (Å²) in [7, 11) is -3.66. The number of hydrogen-bond acceptors (Lipinski definition) is 4. The van der Waals surface area contributed by atoms with Crippen LogP contribution < -0.4 is 14.4 Å². The van der Waals surface area contributed by atoms with E-state index in [2.05, 4.69) is 5.32 Å². The monoisotopic (exact) mass is 456 g/mol. The molecule has 1 amide bonds. The molecule has 0 bridgehead atoms. The van der Waals surface area contributed by atoms with E-state index < -0.39 is 10.0 Å². The van der Waals surface area contributed by atoms with Crippen molar-refractivity contribution in [2.45, 2.75) is 18.2 Å². The first-order chi connectivity index (χ1) is 14.8. The molecule has 8 heteroatoms. The first-order valence-electron chi connectivity index (χ1n) is 9.74. The second-order valence-corrected chi connectivity index (χ2v) is 9.52. The number of carbonyl (C=O) groups is 1. The molecule has 4 rings (SSSR count). The highest BCUT2D eigenvalue weighted by molar-refractivity contribution is 7.92. The number of amides is 1. The Hall–Kier alpha value is -3.03. The average Bonchev–Trinajstić information content (AvgIpc) is 3.20. The van der Waals surface area contributed by atoms with Gasteiger partial charge in [0.2, 0.25) is 0 Å². The quantitative estimate of drug-likeness (QED) is 0.595. The molecule has 0 saturated heterocycles. The first-order valence-corrected chi connectivity index (χ1v) is 11.6. The lowest BCUT2D eigenvalue weighted by Gasteiger charge is -2.19. The number of rotatable bonds is 6. The van der Waals surface area contributed by atoms with Crippen molar-refractivity contribution in [3.8, 4) is 5.75 Å². The Balaban J connectivity index is 1.40. The highest BCUT2D eigenvalue weighted by Crippen LogP contribution is 2.33. The number of nitrogens with zero attached hydrogens (tertiary/aromatic N) is 1. The highest BCUT2D eigenvalue weighted by atomic mass is 35.5. The molecule has 31 heavy (non-hydrogen) atoms. The van der Waals surface area contributed by atoms with E-state index in [1.165, 1.54) is 16.4 Å². The minimum absolute atomic E-state index is 0.176. The lowest BCUT2D eigenvalue weighted by Crippen LogP contribution is -2.29. The van der Waals surface area contributed by atoms with E-state index in [4.69, 9.17) is 16.3 Å². The van der Waals surface area contributed by atoms with E-state index >= 15 is 0 Å². The van der Waals surface area contributed by atoms with Gasteiger partial charge in [-0.1, -0.05) is 35.9 Å². The number of hydrogen-bond donors (Lipinski definition) is 1. The summed E-state index contributed by atoms with van der Waals surface area (Å²) < 4.78 is 33.0. The minimum Gasteiger partial charge on any atom is -0.484 e. The van der Waals surface area contributed by atoms with Crippen molar-refractivity contribution in [1.29, 1.82) is 0 Å². The molecule has 0 atom stereocenters. The van der Waals surface area contributed by atoms with Crippen LogP contribution in [0.4, 0.5) is 11.4 Å². The number of halogens is 1. The molecule has 3 aromatic carbocycles. The standard InChI is InChI=1S/C23H21ClN2O4S/c1-16-6-7-18(24)14-21(16)25-23(27)15-30-19-8-10-20(11-9-19)31(28,29)26-13-12-17-4-2-3-5-22(17)26/h2-11,14H,12-13,15H2,1H3,(H,25,27). The summed E-state index contributed by atoms with van der Waals surface area (Å²) in [5.74, 6) is 0.0643. The summed E-state index contributed by atoms with van der Waals surface area (Å²) in [5, 5.41) is 3.28. The summed E-state index contributed by atoms with van der Waals surface area (Å²) in [6, 6.07) is 18.8. The maximum Gasteiger partial charge on any atom is 0.264 e. The number of nitrogens with one attached hydrogen (secondary N) is 1. The fourth-order valence-electron chi connectivity index (χ4n) is 3.46. The maximum atomic E-state index is 13.0. The third-order valence-electron chi connectivity index (χ3n) is 5.10. The zero-order valence-corrected chi connectivity index (χ0v) is 18.4. The van der Waals surface area contributed by atoms with Crippen LogP contribution in [0, 0.1) is 6.92 Å². The van der Waals surface area contributed by atoms with Gasteiger partial charge in [0.25, 0.3) is 15.9 Å². The Kier molecular flexibility index (Phi) is 5.89. The van der Waals surface area contributed by atoms with Gasteiger partial charge < -0.3 is 10.1 Å². The van der Waals surface area contributed by atoms with Crippen molar-refractivity contribution >= 4 is 38.9 Å². The zero-order valence-electron chi connectivity index (χ0n) is 16.8. The molecule has 1 aliphatic heterocycles. The minimum atomic E-state index is -3.66. The van der Waals surface area contributed by atoms with Crippen LogP contribution >= 0.6 is 11.6 Å². The highest BCUT2D eigenvalue weighted by Gasteiger charge is 2.30. The van der Waals surface area contributed by atoms with Crippen LogP contribution in [0.25, 0.3) is 0 Å². The topological polar surface area (TPSA) is 75.7 Å². The van der Waals surface area contributed by atoms with Crippen molar-refractivity contribution in [2.24, 2.45) is 0 Å². The number of fused-ring (bicyclic) bond motifs is 1.